The lowest BCUT2D eigenvalue weighted by Gasteiger charge is -2.11. The largest absolute Gasteiger partial charge is 0.423 e. The predicted molar refractivity (Wildman–Crippen MR) is 116 cm³/mol. The number of rotatable bonds is 2. The summed E-state index contributed by atoms with van der Waals surface area (Å²) < 4.78 is 12.4. The first-order chi connectivity index (χ1) is 15.0. The Kier molecular flexibility index (Phi) is 4.66. The first kappa shape index (κ1) is 19.2. The van der Waals surface area contributed by atoms with Crippen molar-refractivity contribution in [2.75, 3.05) is 0 Å². The zero-order valence-corrected chi connectivity index (χ0v) is 17.0. The summed E-state index contributed by atoms with van der Waals surface area (Å²) in [5.41, 5.74) is 1.40. The fraction of sp³-hybridized carbons (Fsp3) is 0.250. The highest BCUT2D eigenvalue weighted by molar-refractivity contribution is 5.95. The van der Waals surface area contributed by atoms with E-state index < -0.39 is 11.6 Å². The van der Waals surface area contributed by atoms with Gasteiger partial charge >= 0.3 is 11.6 Å². The van der Waals surface area contributed by atoms with Gasteiger partial charge in [-0.1, -0.05) is 6.42 Å². The maximum Gasteiger partial charge on any atom is 0.343 e. The number of aromatic nitrogens is 2. The molecule has 0 aliphatic carbocycles. The summed E-state index contributed by atoms with van der Waals surface area (Å²) in [4.78, 5) is 41.9. The number of aryl methyl sites for hydroxylation is 2. The van der Waals surface area contributed by atoms with E-state index in [9.17, 15) is 14.4 Å². The molecule has 156 valence electrons. The number of benzene rings is 2. The summed E-state index contributed by atoms with van der Waals surface area (Å²) in [6, 6.07) is 11.1. The summed E-state index contributed by atoms with van der Waals surface area (Å²) in [6.07, 6.45) is 3.79. The minimum Gasteiger partial charge on any atom is -0.423 e. The molecule has 2 aromatic heterocycles. The standard InChI is InChI=1S/C24H20N2O5/c1-14-11-22(27)31-20-13-16(7-9-17(14)20)30-24(29)15-6-8-18-19(12-15)25-21-5-3-2-4-10-26(21)23(18)28/h6-9,11-13H,2-5,10H2,1H3. The van der Waals surface area contributed by atoms with Crippen LogP contribution in [0.15, 0.2) is 56.5 Å². The normalized spacial score (nSPS) is 13.7. The summed E-state index contributed by atoms with van der Waals surface area (Å²) in [6.45, 7) is 2.49. The third-order valence-corrected chi connectivity index (χ3v) is 5.69. The molecule has 0 saturated carbocycles. The van der Waals surface area contributed by atoms with Gasteiger partial charge in [-0.25, -0.2) is 14.6 Å². The molecule has 0 saturated heterocycles. The fourth-order valence-electron chi connectivity index (χ4n) is 4.08. The Bertz CT molecular complexity index is 1470. The minimum absolute atomic E-state index is 0.0678. The van der Waals surface area contributed by atoms with E-state index in [4.69, 9.17) is 9.15 Å². The van der Waals surface area contributed by atoms with Crippen LogP contribution in [0.1, 0.15) is 41.0 Å². The number of hydrogen-bond donors (Lipinski definition) is 0. The van der Waals surface area contributed by atoms with Crippen LogP contribution in [0.5, 0.6) is 5.75 Å². The third kappa shape index (κ3) is 3.52. The zero-order valence-electron chi connectivity index (χ0n) is 17.0. The molecule has 0 atom stereocenters. The maximum absolute atomic E-state index is 12.8. The van der Waals surface area contributed by atoms with E-state index in [0.29, 0.717) is 28.6 Å². The Morgan fingerprint density at radius 2 is 1.87 bits per heavy atom. The van der Waals surface area contributed by atoms with Crippen LogP contribution in [0.25, 0.3) is 21.9 Å². The molecule has 5 rings (SSSR count). The Balaban J connectivity index is 1.49. The van der Waals surface area contributed by atoms with Crippen LogP contribution in [0.2, 0.25) is 0 Å². The van der Waals surface area contributed by atoms with Gasteiger partial charge in [-0.2, -0.15) is 0 Å². The molecule has 0 amide bonds. The first-order valence-electron chi connectivity index (χ1n) is 10.3. The van der Waals surface area contributed by atoms with Crippen LogP contribution in [-0.4, -0.2) is 15.5 Å². The molecule has 0 spiro atoms. The number of nitrogens with zero attached hydrogens (tertiary/aromatic N) is 2. The molecular formula is C24H20N2O5. The van der Waals surface area contributed by atoms with E-state index in [2.05, 4.69) is 4.98 Å². The topological polar surface area (TPSA) is 91.4 Å². The van der Waals surface area contributed by atoms with Gasteiger partial charge in [-0.3, -0.25) is 9.36 Å². The molecule has 7 nitrogen and oxygen atoms in total. The van der Waals surface area contributed by atoms with Gasteiger partial charge in [-0.05, 0) is 55.7 Å². The van der Waals surface area contributed by atoms with Crippen molar-refractivity contribution in [2.24, 2.45) is 0 Å². The Morgan fingerprint density at radius 1 is 1.03 bits per heavy atom. The second-order valence-electron chi connectivity index (χ2n) is 7.82. The highest BCUT2D eigenvalue weighted by Crippen LogP contribution is 2.23. The van der Waals surface area contributed by atoms with E-state index >= 15 is 0 Å². The Morgan fingerprint density at radius 3 is 2.74 bits per heavy atom. The fourth-order valence-corrected chi connectivity index (χ4v) is 4.08. The number of ether oxygens (including phenoxy) is 1. The predicted octanol–water partition coefficient (Wildman–Crippen LogP) is 3.76. The van der Waals surface area contributed by atoms with E-state index in [1.807, 2.05) is 6.92 Å². The monoisotopic (exact) mass is 416 g/mol. The van der Waals surface area contributed by atoms with E-state index in [1.54, 1.807) is 34.9 Å². The summed E-state index contributed by atoms with van der Waals surface area (Å²) in [7, 11) is 0. The molecular weight excluding hydrogens is 396 g/mol. The van der Waals surface area contributed by atoms with Crippen LogP contribution < -0.4 is 15.9 Å². The van der Waals surface area contributed by atoms with E-state index in [0.717, 1.165) is 42.5 Å². The molecule has 0 N–H and O–H groups in total. The quantitative estimate of drug-likeness (QED) is 0.281. The average Bonchev–Trinajstić information content (AvgIpc) is 2.99. The van der Waals surface area contributed by atoms with Crippen molar-refractivity contribution in [3.05, 3.63) is 80.2 Å². The van der Waals surface area contributed by atoms with Gasteiger partial charge in [0.15, 0.2) is 0 Å². The van der Waals surface area contributed by atoms with Gasteiger partial charge in [0, 0.05) is 30.5 Å². The number of hydrogen-bond acceptors (Lipinski definition) is 6. The van der Waals surface area contributed by atoms with Gasteiger partial charge in [0.25, 0.3) is 5.56 Å². The Labute approximate surface area is 176 Å². The second kappa shape index (κ2) is 7.50. The highest BCUT2D eigenvalue weighted by atomic mass is 16.5. The summed E-state index contributed by atoms with van der Waals surface area (Å²) in [5.74, 6) is 0.454. The lowest BCUT2D eigenvalue weighted by Crippen LogP contribution is -2.24. The SMILES string of the molecule is Cc1cc(=O)oc2cc(OC(=O)c3ccc4c(=O)n5c(nc4c3)CCCCC5)ccc12. The number of fused-ring (bicyclic) bond motifs is 3. The van der Waals surface area contributed by atoms with Gasteiger partial charge in [0.1, 0.15) is 17.2 Å². The molecule has 0 radical (unpaired) electrons. The zero-order chi connectivity index (χ0) is 21.5. The van der Waals surface area contributed by atoms with Gasteiger partial charge in [0.2, 0.25) is 0 Å². The lowest BCUT2D eigenvalue weighted by molar-refractivity contribution is 0.0735. The summed E-state index contributed by atoms with van der Waals surface area (Å²) >= 11 is 0. The molecule has 31 heavy (non-hydrogen) atoms. The number of carbonyl (C=O) groups excluding carboxylic acids is 1. The molecule has 1 aliphatic rings. The number of esters is 1. The molecule has 3 heterocycles. The average molecular weight is 416 g/mol. The van der Waals surface area contributed by atoms with Crippen LogP contribution in [0.3, 0.4) is 0 Å². The maximum atomic E-state index is 12.8. The molecule has 7 heteroatoms. The molecule has 1 aliphatic heterocycles. The molecule has 0 fully saturated rings. The summed E-state index contributed by atoms with van der Waals surface area (Å²) in [5, 5.41) is 1.26. The van der Waals surface area contributed by atoms with Crippen molar-refractivity contribution in [1.82, 2.24) is 9.55 Å². The number of carbonyl (C=O) groups is 1. The van der Waals surface area contributed by atoms with Crippen LogP contribution in [0.4, 0.5) is 0 Å². The van der Waals surface area contributed by atoms with E-state index in [1.165, 1.54) is 12.1 Å². The minimum atomic E-state index is -0.576. The van der Waals surface area contributed by atoms with Crippen molar-refractivity contribution in [1.29, 1.82) is 0 Å². The van der Waals surface area contributed by atoms with Crippen LogP contribution in [0, 0.1) is 6.92 Å². The second-order valence-corrected chi connectivity index (χ2v) is 7.82. The van der Waals surface area contributed by atoms with Crippen molar-refractivity contribution in [3.8, 4) is 5.75 Å². The van der Waals surface area contributed by atoms with Crippen molar-refractivity contribution in [2.45, 2.75) is 39.2 Å². The lowest BCUT2D eigenvalue weighted by atomic mass is 10.1. The third-order valence-electron chi connectivity index (χ3n) is 5.69. The van der Waals surface area contributed by atoms with Gasteiger partial charge in [0.05, 0.1) is 16.5 Å². The van der Waals surface area contributed by atoms with Gasteiger partial charge < -0.3 is 9.15 Å². The van der Waals surface area contributed by atoms with Crippen molar-refractivity contribution in [3.63, 3.8) is 0 Å². The van der Waals surface area contributed by atoms with E-state index in [-0.39, 0.29) is 11.3 Å². The molecule has 0 bridgehead atoms. The smallest absolute Gasteiger partial charge is 0.343 e. The Hall–Kier alpha value is -3.74. The van der Waals surface area contributed by atoms with Crippen LogP contribution in [-0.2, 0) is 13.0 Å². The van der Waals surface area contributed by atoms with Crippen molar-refractivity contribution < 1.29 is 13.9 Å². The van der Waals surface area contributed by atoms with Crippen LogP contribution >= 0.6 is 0 Å². The van der Waals surface area contributed by atoms with Gasteiger partial charge in [-0.15, -0.1) is 0 Å². The first-order valence-corrected chi connectivity index (χ1v) is 10.3. The molecule has 4 aromatic rings. The molecule has 2 aromatic carbocycles. The van der Waals surface area contributed by atoms with Crippen molar-refractivity contribution >= 4 is 27.8 Å². The molecule has 0 unspecified atom stereocenters. The highest BCUT2D eigenvalue weighted by Gasteiger charge is 2.16.